The fourth-order valence-corrected chi connectivity index (χ4v) is 6.74. The number of hydrogen-bond donors (Lipinski definition) is 0. The fourth-order valence-electron chi connectivity index (χ4n) is 4.55. The second kappa shape index (κ2) is 7.14. The van der Waals surface area contributed by atoms with Gasteiger partial charge in [-0.2, -0.15) is 4.39 Å². The Labute approximate surface area is 174 Å². The molecule has 30 heavy (non-hydrogen) atoms. The smallest absolute Gasteiger partial charge is 0.217 e. The van der Waals surface area contributed by atoms with Crippen LogP contribution in [0.15, 0.2) is 59.8 Å². The fraction of sp³-hybridized carbons (Fsp3) is 0.273. The second-order valence-corrected chi connectivity index (χ2v) is 9.81. The van der Waals surface area contributed by atoms with Crippen LogP contribution >= 0.6 is 0 Å². The van der Waals surface area contributed by atoms with E-state index < -0.39 is 21.0 Å². The molecule has 1 saturated heterocycles. The first kappa shape index (κ1) is 19.1. The van der Waals surface area contributed by atoms with Crippen molar-refractivity contribution in [3.63, 3.8) is 0 Å². The first-order chi connectivity index (χ1) is 14.5. The number of halogens is 1. The number of pyridine rings is 2. The summed E-state index contributed by atoms with van der Waals surface area (Å²) in [5.74, 6) is -0.0789. The van der Waals surface area contributed by atoms with Crippen LogP contribution in [0.25, 0.3) is 11.1 Å². The number of likely N-dealkylation sites (tertiary alicyclic amines) is 1. The highest BCUT2D eigenvalue weighted by atomic mass is 32.2. The summed E-state index contributed by atoms with van der Waals surface area (Å²) < 4.78 is 44.8. The lowest BCUT2D eigenvalue weighted by atomic mass is 9.95. The number of aromatic nitrogens is 2. The van der Waals surface area contributed by atoms with Crippen molar-refractivity contribution >= 4 is 9.84 Å². The van der Waals surface area contributed by atoms with Crippen LogP contribution in [-0.2, 0) is 16.4 Å². The standard InChI is InChI=1S/C22H20FN3O3S/c1-29-22-16(3-2-8-24-22)11-26-12-18-17-9-14(15-5-7-21(23)25-10-15)4-6-19(17)30(27,28)20(18)13-26/h2-10,18,20H,11-13H2,1H3/t18-,20+/m0/s1. The number of hydrogen-bond acceptors (Lipinski definition) is 6. The lowest BCUT2D eigenvalue weighted by Gasteiger charge is -2.18. The van der Waals surface area contributed by atoms with Gasteiger partial charge in [-0.1, -0.05) is 12.1 Å². The Balaban J connectivity index is 1.46. The van der Waals surface area contributed by atoms with Gasteiger partial charge in [0.05, 0.1) is 17.3 Å². The van der Waals surface area contributed by atoms with E-state index in [1.165, 1.54) is 12.3 Å². The second-order valence-electron chi connectivity index (χ2n) is 7.68. The molecule has 0 amide bonds. The van der Waals surface area contributed by atoms with Crippen LogP contribution in [0.1, 0.15) is 17.0 Å². The van der Waals surface area contributed by atoms with Crippen LogP contribution in [0.2, 0.25) is 0 Å². The van der Waals surface area contributed by atoms with Crippen molar-refractivity contribution in [2.75, 3.05) is 20.2 Å². The summed E-state index contributed by atoms with van der Waals surface area (Å²) in [5, 5.41) is -0.461. The van der Waals surface area contributed by atoms with E-state index >= 15 is 0 Å². The van der Waals surface area contributed by atoms with E-state index in [2.05, 4.69) is 14.9 Å². The molecular formula is C22H20FN3O3S. The van der Waals surface area contributed by atoms with E-state index in [-0.39, 0.29) is 5.92 Å². The summed E-state index contributed by atoms with van der Waals surface area (Å²) in [6, 6.07) is 12.1. The minimum absolute atomic E-state index is 0.0963. The SMILES string of the molecule is COc1ncccc1CN1C[C@@H]2[C@@H](C1)c1cc(-c3ccc(F)nc3)ccc1S2(=O)=O. The predicted octanol–water partition coefficient (Wildman–Crippen LogP) is 3.05. The van der Waals surface area contributed by atoms with Crippen LogP contribution in [0.5, 0.6) is 5.88 Å². The van der Waals surface area contributed by atoms with Crippen molar-refractivity contribution in [3.8, 4) is 17.0 Å². The van der Waals surface area contributed by atoms with Gasteiger partial charge < -0.3 is 4.74 Å². The molecule has 2 aromatic heterocycles. The maximum atomic E-state index is 13.2. The van der Waals surface area contributed by atoms with Crippen molar-refractivity contribution in [1.29, 1.82) is 0 Å². The molecule has 1 aromatic carbocycles. The number of benzene rings is 1. The Morgan fingerprint density at radius 3 is 2.73 bits per heavy atom. The van der Waals surface area contributed by atoms with Gasteiger partial charge in [0.25, 0.3) is 0 Å². The molecule has 3 aromatic rings. The normalized spacial score (nSPS) is 21.9. The Bertz CT molecular complexity index is 1210. The molecule has 6 nitrogen and oxygen atoms in total. The predicted molar refractivity (Wildman–Crippen MR) is 109 cm³/mol. The molecule has 1 fully saturated rings. The maximum Gasteiger partial charge on any atom is 0.217 e. The lowest BCUT2D eigenvalue weighted by Crippen LogP contribution is -2.26. The largest absolute Gasteiger partial charge is 0.481 e. The first-order valence-corrected chi connectivity index (χ1v) is 11.2. The summed E-state index contributed by atoms with van der Waals surface area (Å²) in [5.41, 5.74) is 3.37. The third-order valence-electron chi connectivity index (χ3n) is 5.95. The minimum Gasteiger partial charge on any atom is -0.481 e. The number of ether oxygens (including phenoxy) is 1. The molecule has 5 rings (SSSR count). The van der Waals surface area contributed by atoms with Crippen LogP contribution in [-0.4, -0.2) is 48.7 Å². The zero-order chi connectivity index (χ0) is 20.9. The van der Waals surface area contributed by atoms with Crippen molar-refractivity contribution in [1.82, 2.24) is 14.9 Å². The molecule has 2 atom stereocenters. The quantitative estimate of drug-likeness (QED) is 0.599. The van der Waals surface area contributed by atoms with Crippen LogP contribution in [0, 0.1) is 5.95 Å². The zero-order valence-corrected chi connectivity index (χ0v) is 17.1. The third-order valence-corrected chi connectivity index (χ3v) is 8.21. The molecule has 154 valence electrons. The summed E-state index contributed by atoms with van der Waals surface area (Å²) in [6.07, 6.45) is 3.14. The van der Waals surface area contributed by atoms with Gasteiger partial charge in [0.15, 0.2) is 9.84 Å². The van der Waals surface area contributed by atoms with Crippen molar-refractivity contribution in [2.45, 2.75) is 22.6 Å². The molecule has 0 aliphatic carbocycles. The van der Waals surface area contributed by atoms with Gasteiger partial charge in [-0.15, -0.1) is 0 Å². The topological polar surface area (TPSA) is 72.4 Å². The third kappa shape index (κ3) is 3.07. The van der Waals surface area contributed by atoms with E-state index in [4.69, 9.17) is 4.74 Å². The van der Waals surface area contributed by atoms with Crippen LogP contribution < -0.4 is 4.74 Å². The van der Waals surface area contributed by atoms with E-state index in [0.717, 1.165) is 22.3 Å². The highest BCUT2D eigenvalue weighted by molar-refractivity contribution is 7.92. The maximum absolute atomic E-state index is 13.2. The van der Waals surface area contributed by atoms with Gasteiger partial charge in [-0.25, -0.2) is 18.4 Å². The molecule has 0 bridgehead atoms. The van der Waals surface area contributed by atoms with Gasteiger partial charge in [-0.05, 0) is 41.5 Å². The molecule has 4 heterocycles. The summed E-state index contributed by atoms with van der Waals surface area (Å²) in [7, 11) is -1.81. The number of methoxy groups -OCH3 is 1. The average molecular weight is 425 g/mol. The van der Waals surface area contributed by atoms with Crippen molar-refractivity contribution in [3.05, 3.63) is 71.9 Å². The Morgan fingerprint density at radius 1 is 1.13 bits per heavy atom. The molecule has 8 heteroatoms. The van der Waals surface area contributed by atoms with Crippen LogP contribution in [0.4, 0.5) is 4.39 Å². The molecular weight excluding hydrogens is 405 g/mol. The highest BCUT2D eigenvalue weighted by Gasteiger charge is 2.50. The van der Waals surface area contributed by atoms with Gasteiger partial charge in [-0.3, -0.25) is 4.90 Å². The zero-order valence-electron chi connectivity index (χ0n) is 16.3. The van der Waals surface area contributed by atoms with E-state index in [0.29, 0.717) is 30.4 Å². The van der Waals surface area contributed by atoms with Crippen LogP contribution in [0.3, 0.4) is 0 Å². The van der Waals surface area contributed by atoms with Gasteiger partial charge in [0.1, 0.15) is 0 Å². The molecule has 2 aliphatic rings. The molecule has 2 aliphatic heterocycles. The van der Waals surface area contributed by atoms with Crippen molar-refractivity contribution < 1.29 is 17.5 Å². The Kier molecular flexibility index (Phi) is 4.56. The number of sulfone groups is 1. The van der Waals surface area contributed by atoms with E-state index in [9.17, 15) is 12.8 Å². The van der Waals surface area contributed by atoms with Crippen molar-refractivity contribution in [2.24, 2.45) is 0 Å². The number of fused-ring (bicyclic) bond motifs is 3. The Morgan fingerprint density at radius 2 is 1.97 bits per heavy atom. The monoisotopic (exact) mass is 425 g/mol. The average Bonchev–Trinajstić information content (AvgIpc) is 3.26. The lowest BCUT2D eigenvalue weighted by molar-refractivity contribution is 0.313. The number of nitrogens with zero attached hydrogens (tertiary/aromatic N) is 3. The van der Waals surface area contributed by atoms with E-state index in [1.54, 1.807) is 31.5 Å². The summed E-state index contributed by atoms with van der Waals surface area (Å²) in [6.45, 7) is 1.68. The molecule has 0 saturated carbocycles. The van der Waals surface area contributed by atoms with E-state index in [1.807, 2.05) is 18.2 Å². The summed E-state index contributed by atoms with van der Waals surface area (Å²) >= 11 is 0. The Hall–Kier alpha value is -2.84. The molecule has 0 N–H and O–H groups in total. The molecule has 0 spiro atoms. The minimum atomic E-state index is -3.39. The van der Waals surface area contributed by atoms with Gasteiger partial charge in [0, 0.05) is 49.1 Å². The van der Waals surface area contributed by atoms with Gasteiger partial charge >= 0.3 is 0 Å². The highest BCUT2D eigenvalue weighted by Crippen LogP contribution is 2.46. The first-order valence-electron chi connectivity index (χ1n) is 9.67. The summed E-state index contributed by atoms with van der Waals surface area (Å²) in [4.78, 5) is 10.5. The molecule has 0 unspecified atom stereocenters. The number of rotatable bonds is 4. The molecule has 0 radical (unpaired) electrons. The van der Waals surface area contributed by atoms with Gasteiger partial charge in [0.2, 0.25) is 11.8 Å².